The molecule has 0 saturated carbocycles. The van der Waals surface area contributed by atoms with Crippen LogP contribution >= 0.6 is 0 Å². The van der Waals surface area contributed by atoms with Gasteiger partial charge in [-0.15, -0.1) is 0 Å². The molecule has 10 nitrogen and oxygen atoms in total. The van der Waals surface area contributed by atoms with E-state index in [9.17, 15) is 4.79 Å². The number of carbonyl (C=O) groups excluding carboxylic acids is 1. The second kappa shape index (κ2) is 9.27. The summed E-state index contributed by atoms with van der Waals surface area (Å²) in [5.74, 6) is 0.354. The lowest BCUT2D eigenvalue weighted by molar-refractivity contribution is 0.102. The molecule has 10 heteroatoms. The van der Waals surface area contributed by atoms with E-state index >= 15 is 0 Å². The molecule has 39 heavy (non-hydrogen) atoms. The molecule has 186 valence electrons. The highest BCUT2D eigenvalue weighted by Crippen LogP contribution is 2.30. The van der Waals surface area contributed by atoms with Crippen molar-refractivity contribution in [1.29, 1.82) is 0 Å². The highest BCUT2D eigenvalue weighted by atomic mass is 16.1. The molecule has 0 bridgehead atoms. The van der Waals surface area contributed by atoms with Crippen molar-refractivity contribution < 1.29 is 4.79 Å². The molecular formula is C29H19N9O. The Morgan fingerprint density at radius 3 is 2.49 bits per heavy atom. The van der Waals surface area contributed by atoms with Crippen molar-refractivity contribution in [2.75, 3.05) is 5.32 Å². The molecule has 0 unspecified atom stereocenters. The summed E-state index contributed by atoms with van der Waals surface area (Å²) >= 11 is 0. The molecule has 6 aromatic heterocycles. The maximum absolute atomic E-state index is 12.6. The largest absolute Gasteiger partial charge is 0.336 e. The molecule has 6 heterocycles. The zero-order valence-electron chi connectivity index (χ0n) is 20.3. The van der Waals surface area contributed by atoms with Crippen LogP contribution in [0.25, 0.3) is 56.2 Å². The van der Waals surface area contributed by atoms with Gasteiger partial charge in [0.1, 0.15) is 16.7 Å². The van der Waals surface area contributed by atoms with Crippen molar-refractivity contribution in [1.82, 2.24) is 40.1 Å². The molecule has 1 amide bonds. The molecule has 0 radical (unpaired) electrons. The quantitative estimate of drug-likeness (QED) is 0.287. The zero-order chi connectivity index (χ0) is 26.2. The molecule has 0 saturated heterocycles. The fourth-order valence-corrected chi connectivity index (χ4v) is 4.40. The van der Waals surface area contributed by atoms with E-state index in [1.807, 2.05) is 60.7 Å². The number of fused-ring (bicyclic) bond motifs is 2. The van der Waals surface area contributed by atoms with E-state index in [4.69, 9.17) is 9.97 Å². The number of hydrogen-bond donors (Lipinski definition) is 3. The lowest BCUT2D eigenvalue weighted by atomic mass is 10.1. The summed E-state index contributed by atoms with van der Waals surface area (Å²) in [5, 5.41) is 10.4. The van der Waals surface area contributed by atoms with Crippen LogP contribution in [0.4, 0.5) is 5.69 Å². The first-order valence-corrected chi connectivity index (χ1v) is 12.2. The van der Waals surface area contributed by atoms with Gasteiger partial charge in [0.05, 0.1) is 34.3 Å². The molecule has 0 spiro atoms. The maximum Gasteiger partial charge on any atom is 0.255 e. The minimum absolute atomic E-state index is 0.209. The molecule has 0 aliphatic rings. The Bertz CT molecular complexity index is 1960. The lowest BCUT2D eigenvalue weighted by Crippen LogP contribution is -2.11. The van der Waals surface area contributed by atoms with Gasteiger partial charge in [-0.3, -0.25) is 24.8 Å². The summed E-state index contributed by atoms with van der Waals surface area (Å²) < 4.78 is 0. The van der Waals surface area contributed by atoms with Crippen molar-refractivity contribution in [3.8, 4) is 34.2 Å². The molecule has 7 rings (SSSR count). The highest BCUT2D eigenvalue weighted by molar-refractivity contribution is 6.04. The summed E-state index contributed by atoms with van der Waals surface area (Å²) in [7, 11) is 0. The Morgan fingerprint density at radius 1 is 0.744 bits per heavy atom. The van der Waals surface area contributed by atoms with E-state index < -0.39 is 0 Å². The van der Waals surface area contributed by atoms with Crippen LogP contribution in [0, 0.1) is 0 Å². The Labute approximate surface area is 221 Å². The van der Waals surface area contributed by atoms with Crippen molar-refractivity contribution in [2.45, 2.75) is 0 Å². The van der Waals surface area contributed by atoms with Gasteiger partial charge in [-0.1, -0.05) is 24.3 Å². The van der Waals surface area contributed by atoms with Crippen LogP contribution in [-0.2, 0) is 0 Å². The number of imidazole rings is 1. The standard InChI is InChI=1S/C29H19N9O/c39-29(17-6-2-1-3-7-17)33-19-14-18(15-30-16-19)20-9-10-23-26(34-20)27(38-37-23)28-35-22-11-13-32-24(25(22)36-28)21-8-4-5-12-31-21/h1-16H,(H,33,39)(H,35,36)(H,37,38). The summed E-state index contributed by atoms with van der Waals surface area (Å²) in [6, 6.07) is 22.2. The predicted molar refractivity (Wildman–Crippen MR) is 148 cm³/mol. The number of pyridine rings is 4. The Kier molecular flexibility index (Phi) is 5.33. The normalized spacial score (nSPS) is 11.2. The number of anilines is 1. The minimum atomic E-state index is -0.209. The van der Waals surface area contributed by atoms with Gasteiger partial charge >= 0.3 is 0 Å². The van der Waals surface area contributed by atoms with Crippen molar-refractivity contribution in [2.24, 2.45) is 0 Å². The Morgan fingerprint density at radius 2 is 1.62 bits per heavy atom. The number of H-pyrrole nitrogens is 2. The SMILES string of the molecule is O=C(Nc1cncc(-c2ccc3[nH]nc(-c4nc5c(-c6ccccn6)nccc5[nH]4)c3n2)c1)c1ccccc1. The summed E-state index contributed by atoms with van der Waals surface area (Å²) in [6.07, 6.45) is 6.77. The maximum atomic E-state index is 12.6. The smallest absolute Gasteiger partial charge is 0.255 e. The van der Waals surface area contributed by atoms with E-state index in [1.165, 1.54) is 0 Å². The van der Waals surface area contributed by atoms with Crippen LogP contribution in [-0.4, -0.2) is 46.0 Å². The van der Waals surface area contributed by atoms with Crippen molar-refractivity contribution >= 4 is 33.7 Å². The fourth-order valence-electron chi connectivity index (χ4n) is 4.40. The van der Waals surface area contributed by atoms with Gasteiger partial charge in [-0.25, -0.2) is 9.97 Å². The van der Waals surface area contributed by atoms with Gasteiger partial charge in [-0.05, 0) is 48.5 Å². The topological polar surface area (TPSA) is 138 Å². The zero-order valence-corrected chi connectivity index (χ0v) is 20.3. The average Bonchev–Trinajstić information content (AvgIpc) is 3.62. The van der Waals surface area contributed by atoms with Crippen LogP contribution in [0.3, 0.4) is 0 Å². The second-order valence-corrected chi connectivity index (χ2v) is 8.80. The number of aromatic nitrogens is 8. The third kappa shape index (κ3) is 4.15. The molecule has 0 fully saturated rings. The molecule has 0 aliphatic heterocycles. The fraction of sp³-hybridized carbons (Fsp3) is 0. The first-order valence-electron chi connectivity index (χ1n) is 12.2. The van der Waals surface area contributed by atoms with Crippen molar-refractivity contribution in [3.63, 3.8) is 0 Å². The molecular weight excluding hydrogens is 490 g/mol. The van der Waals surface area contributed by atoms with Crippen LogP contribution in [0.1, 0.15) is 10.4 Å². The van der Waals surface area contributed by atoms with Crippen LogP contribution in [0.2, 0.25) is 0 Å². The van der Waals surface area contributed by atoms with Gasteiger partial charge in [0, 0.05) is 29.7 Å². The molecule has 0 aliphatic carbocycles. The van der Waals surface area contributed by atoms with Gasteiger partial charge in [0.2, 0.25) is 0 Å². The van der Waals surface area contributed by atoms with Gasteiger partial charge in [0.25, 0.3) is 5.91 Å². The first kappa shape index (κ1) is 22.4. The number of aromatic amines is 2. The third-order valence-corrected chi connectivity index (χ3v) is 6.27. The van der Waals surface area contributed by atoms with Gasteiger partial charge < -0.3 is 10.3 Å². The number of rotatable bonds is 5. The van der Waals surface area contributed by atoms with Crippen LogP contribution < -0.4 is 5.32 Å². The predicted octanol–water partition coefficient (Wildman–Crippen LogP) is 5.27. The highest BCUT2D eigenvalue weighted by Gasteiger charge is 2.18. The molecule has 7 aromatic rings. The third-order valence-electron chi connectivity index (χ3n) is 6.27. The van der Waals surface area contributed by atoms with Crippen molar-refractivity contribution in [3.05, 3.63) is 103 Å². The van der Waals surface area contributed by atoms with Crippen LogP contribution in [0.15, 0.2) is 97.6 Å². The Hall–Kier alpha value is -5.77. The van der Waals surface area contributed by atoms with Gasteiger partial charge in [-0.2, -0.15) is 5.10 Å². The average molecular weight is 510 g/mol. The number of nitrogens with zero attached hydrogens (tertiary/aromatic N) is 6. The number of nitrogens with one attached hydrogen (secondary N) is 3. The number of carbonyl (C=O) groups is 1. The Balaban J connectivity index is 1.25. The summed E-state index contributed by atoms with van der Waals surface area (Å²) in [4.78, 5) is 38.9. The number of hydrogen-bond acceptors (Lipinski definition) is 7. The van der Waals surface area contributed by atoms with E-state index in [1.54, 1.807) is 36.9 Å². The second-order valence-electron chi connectivity index (χ2n) is 8.80. The molecule has 0 atom stereocenters. The van der Waals surface area contributed by atoms with E-state index in [0.717, 1.165) is 22.3 Å². The van der Waals surface area contributed by atoms with Crippen LogP contribution in [0.5, 0.6) is 0 Å². The summed E-state index contributed by atoms with van der Waals surface area (Å²) in [6.45, 7) is 0. The molecule has 3 N–H and O–H groups in total. The minimum Gasteiger partial charge on any atom is -0.336 e. The first-order chi connectivity index (χ1) is 19.2. The number of benzene rings is 1. The van der Waals surface area contributed by atoms with Gasteiger partial charge in [0.15, 0.2) is 11.5 Å². The van der Waals surface area contributed by atoms with E-state index in [2.05, 4.69) is 35.5 Å². The number of amides is 1. The van der Waals surface area contributed by atoms with E-state index in [-0.39, 0.29) is 5.91 Å². The van der Waals surface area contributed by atoms with E-state index in [0.29, 0.717) is 45.2 Å². The molecule has 1 aromatic carbocycles. The summed E-state index contributed by atoms with van der Waals surface area (Å²) in [5.41, 5.74) is 7.50. The lowest BCUT2D eigenvalue weighted by Gasteiger charge is -2.07. The monoisotopic (exact) mass is 509 g/mol.